The summed E-state index contributed by atoms with van der Waals surface area (Å²) in [5, 5.41) is 13.6. The van der Waals surface area contributed by atoms with E-state index in [0.29, 0.717) is 17.8 Å². The molecule has 2 aromatic carbocycles. The molecule has 4 aromatic rings. The van der Waals surface area contributed by atoms with Crippen LogP contribution in [0.2, 0.25) is 5.15 Å². The molecule has 4 rings (SSSR count). The summed E-state index contributed by atoms with van der Waals surface area (Å²) in [6.07, 6.45) is -0.636. The van der Waals surface area contributed by atoms with E-state index in [1.807, 2.05) is 12.1 Å². The molecular weight excluding hydrogens is 405 g/mol. The van der Waals surface area contributed by atoms with Crippen molar-refractivity contribution in [1.29, 1.82) is 0 Å². The average molecular weight is 424 g/mol. The first-order valence-corrected chi connectivity index (χ1v) is 9.89. The smallest absolute Gasteiger partial charge is 0.229 e. The number of anilines is 2. The van der Waals surface area contributed by atoms with E-state index in [4.69, 9.17) is 11.6 Å². The Hall–Kier alpha value is -3.22. The second kappa shape index (κ2) is 8.26. The minimum atomic E-state index is -0.975. The summed E-state index contributed by atoms with van der Waals surface area (Å²) in [5.41, 5.74) is 0.776. The minimum absolute atomic E-state index is 0.00807. The van der Waals surface area contributed by atoms with Gasteiger partial charge in [-0.05, 0) is 42.3 Å². The van der Waals surface area contributed by atoms with Crippen LogP contribution in [0.25, 0.3) is 16.7 Å². The number of hydrogen-bond donors (Lipinski definition) is 2. The van der Waals surface area contributed by atoms with Gasteiger partial charge in [0.1, 0.15) is 5.15 Å². The molecule has 7 heteroatoms. The van der Waals surface area contributed by atoms with Gasteiger partial charge in [0.15, 0.2) is 11.5 Å². The molecule has 1 atom stereocenters. The van der Waals surface area contributed by atoms with E-state index in [0.717, 1.165) is 0 Å². The molecule has 0 spiro atoms. The molecule has 0 amide bonds. The van der Waals surface area contributed by atoms with Gasteiger partial charge in [-0.3, -0.25) is 9.36 Å². The molecule has 2 aromatic heterocycles. The second-order valence-electron chi connectivity index (χ2n) is 6.81. The van der Waals surface area contributed by atoms with Gasteiger partial charge in [-0.25, -0.2) is 4.98 Å². The first-order valence-electron chi connectivity index (χ1n) is 9.51. The Morgan fingerprint density at radius 2 is 1.77 bits per heavy atom. The largest absolute Gasteiger partial charge is 0.388 e. The monoisotopic (exact) mass is 423 g/mol. The summed E-state index contributed by atoms with van der Waals surface area (Å²) in [6, 6.07) is 19.4. The summed E-state index contributed by atoms with van der Waals surface area (Å²) in [7, 11) is 0. The quantitative estimate of drug-likeness (QED) is 0.424. The maximum atomic E-state index is 15.5. The number of pyridine rings is 2. The molecule has 5 nitrogen and oxygen atoms in total. The van der Waals surface area contributed by atoms with Crippen molar-refractivity contribution in [3.8, 4) is 5.69 Å². The van der Waals surface area contributed by atoms with E-state index in [1.54, 1.807) is 55.5 Å². The first-order chi connectivity index (χ1) is 14.5. The Kier molecular flexibility index (Phi) is 5.53. The fourth-order valence-corrected chi connectivity index (χ4v) is 3.61. The van der Waals surface area contributed by atoms with Crippen LogP contribution in [-0.2, 0) is 0 Å². The van der Waals surface area contributed by atoms with Crippen LogP contribution in [0.4, 0.5) is 15.9 Å². The first kappa shape index (κ1) is 20.1. The minimum Gasteiger partial charge on any atom is -0.388 e. The molecule has 0 aliphatic rings. The predicted molar refractivity (Wildman–Crippen MR) is 117 cm³/mol. The Morgan fingerprint density at radius 3 is 2.40 bits per heavy atom. The second-order valence-corrected chi connectivity index (χ2v) is 7.20. The number of nitrogens with zero attached hydrogens (tertiary/aromatic N) is 2. The van der Waals surface area contributed by atoms with E-state index in [-0.39, 0.29) is 27.6 Å². The number of rotatable bonds is 5. The molecule has 0 saturated heterocycles. The van der Waals surface area contributed by atoms with Crippen molar-refractivity contribution in [1.82, 2.24) is 9.55 Å². The third kappa shape index (κ3) is 3.56. The SMILES string of the molecule is CCC(O)c1cc(Cl)nc2c1c(=O)c(F)c(Nc1ccccc1)n2-c1ccccc1. The van der Waals surface area contributed by atoms with Crippen molar-refractivity contribution in [2.45, 2.75) is 19.4 Å². The molecule has 0 aliphatic carbocycles. The van der Waals surface area contributed by atoms with Gasteiger partial charge in [0.25, 0.3) is 0 Å². The maximum Gasteiger partial charge on any atom is 0.229 e. The summed E-state index contributed by atoms with van der Waals surface area (Å²) in [5.74, 6) is -1.03. The number of nitrogens with one attached hydrogen (secondary N) is 1. The van der Waals surface area contributed by atoms with Crippen molar-refractivity contribution < 1.29 is 9.50 Å². The van der Waals surface area contributed by atoms with Crippen LogP contribution in [0, 0.1) is 5.82 Å². The summed E-state index contributed by atoms with van der Waals surface area (Å²) >= 11 is 6.24. The summed E-state index contributed by atoms with van der Waals surface area (Å²) < 4.78 is 17.0. The zero-order chi connectivity index (χ0) is 21.3. The fraction of sp³-hybridized carbons (Fsp3) is 0.130. The van der Waals surface area contributed by atoms with Crippen LogP contribution in [0.15, 0.2) is 71.5 Å². The van der Waals surface area contributed by atoms with Crippen LogP contribution in [-0.4, -0.2) is 14.7 Å². The Labute approximate surface area is 177 Å². The molecule has 2 heterocycles. The topological polar surface area (TPSA) is 67.2 Å². The zero-order valence-electron chi connectivity index (χ0n) is 16.1. The lowest BCUT2D eigenvalue weighted by Gasteiger charge is -2.20. The lowest BCUT2D eigenvalue weighted by Crippen LogP contribution is -2.20. The van der Waals surface area contributed by atoms with Crippen LogP contribution >= 0.6 is 11.6 Å². The maximum absolute atomic E-state index is 15.5. The highest BCUT2D eigenvalue weighted by atomic mass is 35.5. The molecule has 1 unspecified atom stereocenters. The van der Waals surface area contributed by atoms with Gasteiger partial charge in [-0.15, -0.1) is 0 Å². The van der Waals surface area contributed by atoms with Crippen molar-refractivity contribution in [3.63, 3.8) is 0 Å². The summed E-state index contributed by atoms with van der Waals surface area (Å²) in [6.45, 7) is 1.77. The molecule has 30 heavy (non-hydrogen) atoms. The van der Waals surface area contributed by atoms with E-state index >= 15 is 4.39 Å². The van der Waals surface area contributed by atoms with Gasteiger partial charge in [0.05, 0.1) is 11.5 Å². The molecule has 0 radical (unpaired) electrons. The average Bonchev–Trinajstić information content (AvgIpc) is 2.77. The fourth-order valence-electron chi connectivity index (χ4n) is 3.41. The van der Waals surface area contributed by atoms with Crippen LogP contribution in [0.5, 0.6) is 0 Å². The van der Waals surface area contributed by atoms with Crippen molar-refractivity contribution >= 4 is 34.1 Å². The lowest BCUT2D eigenvalue weighted by atomic mass is 10.0. The van der Waals surface area contributed by atoms with Gasteiger partial charge in [0.2, 0.25) is 11.2 Å². The number of aromatic nitrogens is 2. The number of fused-ring (bicyclic) bond motifs is 1. The van der Waals surface area contributed by atoms with Gasteiger partial charge >= 0.3 is 0 Å². The highest BCUT2D eigenvalue weighted by Gasteiger charge is 2.24. The molecule has 0 fully saturated rings. The normalized spacial score (nSPS) is 12.1. The zero-order valence-corrected chi connectivity index (χ0v) is 16.9. The van der Waals surface area contributed by atoms with Gasteiger partial charge in [0, 0.05) is 11.4 Å². The molecule has 0 saturated carbocycles. The van der Waals surface area contributed by atoms with Crippen molar-refractivity contribution in [3.05, 3.63) is 93.5 Å². The van der Waals surface area contributed by atoms with Crippen LogP contribution < -0.4 is 10.7 Å². The summed E-state index contributed by atoms with van der Waals surface area (Å²) in [4.78, 5) is 17.4. The third-order valence-electron chi connectivity index (χ3n) is 4.87. The molecule has 0 bridgehead atoms. The molecule has 2 N–H and O–H groups in total. The Morgan fingerprint density at radius 1 is 1.13 bits per heavy atom. The van der Waals surface area contributed by atoms with Crippen LogP contribution in [0.1, 0.15) is 25.0 Å². The number of benzene rings is 2. The van der Waals surface area contributed by atoms with Gasteiger partial charge in [-0.2, -0.15) is 4.39 Å². The number of hydrogen-bond acceptors (Lipinski definition) is 4. The molecule has 0 aliphatic heterocycles. The van der Waals surface area contributed by atoms with E-state index in [2.05, 4.69) is 10.3 Å². The number of aliphatic hydroxyl groups excluding tert-OH is 1. The van der Waals surface area contributed by atoms with Gasteiger partial charge in [-0.1, -0.05) is 54.9 Å². The Bertz CT molecular complexity index is 1260. The molecule has 152 valence electrons. The lowest BCUT2D eigenvalue weighted by molar-refractivity contribution is 0.175. The van der Waals surface area contributed by atoms with Gasteiger partial charge < -0.3 is 10.4 Å². The van der Waals surface area contributed by atoms with E-state index in [9.17, 15) is 9.90 Å². The number of para-hydroxylation sites is 2. The highest BCUT2D eigenvalue weighted by molar-refractivity contribution is 6.29. The standard InChI is InChI=1S/C23H19ClFN3O2/c1-2-17(29)16-13-18(24)27-22-19(16)21(30)20(25)23(26-14-9-5-3-6-10-14)28(22)15-11-7-4-8-12-15/h3-13,17,26,29H,2H2,1H3. The molecular formula is C23H19ClFN3O2. The van der Waals surface area contributed by atoms with Crippen molar-refractivity contribution in [2.75, 3.05) is 5.32 Å². The van der Waals surface area contributed by atoms with Crippen molar-refractivity contribution in [2.24, 2.45) is 0 Å². The Balaban J connectivity index is 2.13. The highest BCUT2D eigenvalue weighted by Crippen LogP contribution is 2.31. The predicted octanol–water partition coefficient (Wildman–Crippen LogP) is 5.37. The van der Waals surface area contributed by atoms with Crippen LogP contribution in [0.3, 0.4) is 0 Å². The number of halogens is 2. The third-order valence-corrected chi connectivity index (χ3v) is 5.06. The van der Waals surface area contributed by atoms with E-state index < -0.39 is 17.3 Å². The van der Waals surface area contributed by atoms with E-state index in [1.165, 1.54) is 10.6 Å². The number of aliphatic hydroxyl groups is 1.